The summed E-state index contributed by atoms with van der Waals surface area (Å²) in [6, 6.07) is 0. The van der Waals surface area contributed by atoms with Crippen molar-refractivity contribution in [3.8, 4) is 0 Å². The highest BCUT2D eigenvalue weighted by atomic mass is 16.5. The fourth-order valence-corrected chi connectivity index (χ4v) is 1.02. The molecule has 6 heteroatoms. The van der Waals surface area contributed by atoms with Crippen LogP contribution in [0.25, 0.3) is 0 Å². The van der Waals surface area contributed by atoms with Crippen molar-refractivity contribution in [2.75, 3.05) is 60.2 Å². The van der Waals surface area contributed by atoms with Crippen LogP contribution in [0.1, 0.15) is 0 Å². The van der Waals surface area contributed by atoms with E-state index < -0.39 is 0 Å². The van der Waals surface area contributed by atoms with E-state index in [-0.39, 0.29) is 5.91 Å². The van der Waals surface area contributed by atoms with Gasteiger partial charge in [0.05, 0.1) is 33.0 Å². The molecule has 0 saturated heterocycles. The Kier molecular flexibility index (Phi) is 10.3. The van der Waals surface area contributed by atoms with Gasteiger partial charge in [-0.1, -0.05) is 0 Å². The number of hydrogen-bond acceptors (Lipinski definition) is 5. The van der Waals surface area contributed by atoms with Gasteiger partial charge in [0, 0.05) is 20.1 Å². The number of nitrogens with zero attached hydrogens (tertiary/aromatic N) is 1. The van der Waals surface area contributed by atoms with E-state index >= 15 is 0 Å². The summed E-state index contributed by atoms with van der Waals surface area (Å²) in [6.45, 7) is 3.65. The number of rotatable bonds is 10. The Morgan fingerprint density at radius 2 is 1.88 bits per heavy atom. The van der Waals surface area contributed by atoms with Crippen LogP contribution >= 0.6 is 0 Å². The Balaban J connectivity index is 3.27. The summed E-state index contributed by atoms with van der Waals surface area (Å²) in [6.07, 6.45) is 0. The summed E-state index contributed by atoms with van der Waals surface area (Å²) >= 11 is 0. The molecular formula is C10H23N3O3. The highest BCUT2D eigenvalue weighted by Crippen LogP contribution is 1.85. The second kappa shape index (κ2) is 10.8. The maximum absolute atomic E-state index is 11.3. The second-order valence-electron chi connectivity index (χ2n) is 3.36. The number of carbonyl (C=O) groups is 1. The SMILES string of the molecule is CNCC(=O)N(C)CCOCCOCCN. The standard InChI is InChI=1S/C10H23N3O3/c1-12-9-10(14)13(2)4-6-16-8-7-15-5-3-11/h12H,3-9,11H2,1-2H3. The molecule has 1 amide bonds. The molecule has 0 aliphatic carbocycles. The molecular weight excluding hydrogens is 210 g/mol. The van der Waals surface area contributed by atoms with Gasteiger partial charge < -0.3 is 25.4 Å². The van der Waals surface area contributed by atoms with Crippen molar-refractivity contribution in [2.24, 2.45) is 5.73 Å². The minimum Gasteiger partial charge on any atom is -0.378 e. The zero-order chi connectivity index (χ0) is 12.2. The van der Waals surface area contributed by atoms with Crippen molar-refractivity contribution in [1.29, 1.82) is 0 Å². The fraction of sp³-hybridized carbons (Fsp3) is 0.900. The Morgan fingerprint density at radius 1 is 1.25 bits per heavy atom. The van der Waals surface area contributed by atoms with Crippen LogP contribution in [0, 0.1) is 0 Å². The Labute approximate surface area is 97.1 Å². The summed E-state index contributed by atoms with van der Waals surface area (Å²) in [7, 11) is 3.50. The fourth-order valence-electron chi connectivity index (χ4n) is 1.02. The summed E-state index contributed by atoms with van der Waals surface area (Å²) in [5, 5.41) is 2.81. The zero-order valence-corrected chi connectivity index (χ0v) is 10.2. The molecule has 0 radical (unpaired) electrons. The maximum atomic E-state index is 11.3. The van der Waals surface area contributed by atoms with Gasteiger partial charge in [0.1, 0.15) is 0 Å². The highest BCUT2D eigenvalue weighted by Gasteiger charge is 2.05. The molecule has 0 bridgehead atoms. The largest absolute Gasteiger partial charge is 0.378 e. The van der Waals surface area contributed by atoms with Gasteiger partial charge in [0.25, 0.3) is 0 Å². The normalized spacial score (nSPS) is 10.4. The molecule has 0 saturated carbocycles. The van der Waals surface area contributed by atoms with Crippen LogP contribution in [0.4, 0.5) is 0 Å². The lowest BCUT2D eigenvalue weighted by atomic mass is 10.5. The number of ether oxygens (including phenoxy) is 2. The first-order valence-corrected chi connectivity index (χ1v) is 5.46. The first-order chi connectivity index (χ1) is 7.72. The number of nitrogens with two attached hydrogens (primary N) is 1. The third-order valence-corrected chi connectivity index (χ3v) is 1.96. The van der Waals surface area contributed by atoms with Crippen molar-refractivity contribution in [1.82, 2.24) is 10.2 Å². The summed E-state index contributed by atoms with van der Waals surface area (Å²) in [5.41, 5.74) is 5.26. The molecule has 0 aromatic rings. The van der Waals surface area contributed by atoms with Gasteiger partial charge >= 0.3 is 0 Å². The van der Waals surface area contributed by atoms with Gasteiger partial charge in [-0.2, -0.15) is 0 Å². The quantitative estimate of drug-likeness (QED) is 0.457. The van der Waals surface area contributed by atoms with E-state index in [9.17, 15) is 4.79 Å². The van der Waals surface area contributed by atoms with Gasteiger partial charge in [-0.15, -0.1) is 0 Å². The van der Waals surface area contributed by atoms with Gasteiger partial charge in [-0.05, 0) is 7.05 Å². The van der Waals surface area contributed by atoms with Gasteiger partial charge in [0.2, 0.25) is 5.91 Å². The average molecular weight is 233 g/mol. The average Bonchev–Trinajstić information content (AvgIpc) is 2.28. The van der Waals surface area contributed by atoms with E-state index in [0.717, 1.165) is 0 Å². The molecule has 0 spiro atoms. The smallest absolute Gasteiger partial charge is 0.236 e. The van der Waals surface area contributed by atoms with Crippen LogP contribution in [-0.4, -0.2) is 71.0 Å². The van der Waals surface area contributed by atoms with Crippen molar-refractivity contribution in [3.63, 3.8) is 0 Å². The van der Waals surface area contributed by atoms with Crippen LogP contribution in [0.2, 0.25) is 0 Å². The maximum Gasteiger partial charge on any atom is 0.236 e. The van der Waals surface area contributed by atoms with Crippen molar-refractivity contribution in [3.05, 3.63) is 0 Å². The van der Waals surface area contributed by atoms with E-state index in [1.807, 2.05) is 0 Å². The molecule has 3 N–H and O–H groups in total. The third-order valence-electron chi connectivity index (χ3n) is 1.96. The first kappa shape index (κ1) is 15.3. The molecule has 0 atom stereocenters. The monoisotopic (exact) mass is 233 g/mol. The van der Waals surface area contributed by atoms with Crippen LogP contribution in [0.5, 0.6) is 0 Å². The minimum absolute atomic E-state index is 0.0606. The van der Waals surface area contributed by atoms with Gasteiger partial charge in [-0.3, -0.25) is 4.79 Å². The molecule has 0 rings (SSSR count). The predicted octanol–water partition coefficient (Wildman–Crippen LogP) is -1.34. The zero-order valence-electron chi connectivity index (χ0n) is 10.2. The lowest BCUT2D eigenvalue weighted by Crippen LogP contribution is -2.36. The van der Waals surface area contributed by atoms with E-state index in [2.05, 4.69) is 5.32 Å². The molecule has 0 heterocycles. The lowest BCUT2D eigenvalue weighted by molar-refractivity contribution is -0.129. The van der Waals surface area contributed by atoms with Crippen LogP contribution in [-0.2, 0) is 14.3 Å². The number of hydrogen-bond donors (Lipinski definition) is 2. The van der Waals surface area contributed by atoms with Crippen LogP contribution in [0.15, 0.2) is 0 Å². The Bertz CT molecular complexity index is 179. The third kappa shape index (κ3) is 8.60. The summed E-state index contributed by atoms with van der Waals surface area (Å²) in [4.78, 5) is 13.0. The second-order valence-corrected chi connectivity index (χ2v) is 3.36. The molecule has 6 nitrogen and oxygen atoms in total. The van der Waals surface area contributed by atoms with E-state index in [1.165, 1.54) is 0 Å². The molecule has 0 fully saturated rings. The van der Waals surface area contributed by atoms with E-state index in [0.29, 0.717) is 46.1 Å². The van der Waals surface area contributed by atoms with E-state index in [4.69, 9.17) is 15.2 Å². The number of carbonyl (C=O) groups excluding carboxylic acids is 1. The molecule has 0 aromatic carbocycles. The Morgan fingerprint density at radius 3 is 2.44 bits per heavy atom. The van der Waals surface area contributed by atoms with Crippen molar-refractivity contribution >= 4 is 5.91 Å². The highest BCUT2D eigenvalue weighted by molar-refractivity contribution is 5.77. The molecule has 0 aliphatic rings. The predicted molar refractivity (Wildman–Crippen MR) is 62.3 cm³/mol. The molecule has 0 unspecified atom stereocenters. The topological polar surface area (TPSA) is 76.8 Å². The van der Waals surface area contributed by atoms with Gasteiger partial charge in [-0.25, -0.2) is 0 Å². The minimum atomic E-state index is 0.0606. The summed E-state index contributed by atoms with van der Waals surface area (Å²) in [5.74, 6) is 0.0606. The lowest BCUT2D eigenvalue weighted by Gasteiger charge is -2.16. The Hall–Kier alpha value is -0.690. The van der Waals surface area contributed by atoms with Crippen molar-refractivity contribution < 1.29 is 14.3 Å². The molecule has 0 aromatic heterocycles. The molecule has 0 aliphatic heterocycles. The molecule has 16 heavy (non-hydrogen) atoms. The number of likely N-dealkylation sites (N-methyl/N-ethyl adjacent to an activating group) is 2. The van der Waals surface area contributed by atoms with Gasteiger partial charge in [0.15, 0.2) is 0 Å². The van der Waals surface area contributed by atoms with Crippen LogP contribution in [0.3, 0.4) is 0 Å². The number of amides is 1. The number of nitrogens with one attached hydrogen (secondary N) is 1. The summed E-state index contributed by atoms with van der Waals surface area (Å²) < 4.78 is 10.4. The van der Waals surface area contributed by atoms with Crippen molar-refractivity contribution in [2.45, 2.75) is 0 Å². The van der Waals surface area contributed by atoms with E-state index in [1.54, 1.807) is 19.0 Å². The molecule has 96 valence electrons. The first-order valence-electron chi connectivity index (χ1n) is 5.46. The van der Waals surface area contributed by atoms with Crippen LogP contribution < -0.4 is 11.1 Å².